The molecule has 0 spiro atoms. The van der Waals surface area contributed by atoms with Gasteiger partial charge in [0.05, 0.1) is 5.56 Å². The molecular formula is C14H8ClF4NO. The summed E-state index contributed by atoms with van der Waals surface area (Å²) >= 11 is 5.68. The largest absolute Gasteiger partial charge is 0.419 e. The molecule has 2 nitrogen and oxygen atoms in total. The number of rotatable bonds is 2. The molecule has 2 N–H and O–H groups in total. The fourth-order valence-corrected chi connectivity index (χ4v) is 1.96. The molecule has 110 valence electrons. The van der Waals surface area contributed by atoms with Gasteiger partial charge >= 0.3 is 6.18 Å². The standard InChI is InChI=1S/C14H8ClF4NO/c15-8-2-3-9(12(20)6-8)13(21)7-1-4-11(16)10(5-7)14(17,18)19/h1-6H,20H2. The van der Waals surface area contributed by atoms with Crippen molar-refractivity contribution < 1.29 is 22.4 Å². The SMILES string of the molecule is Nc1cc(Cl)ccc1C(=O)c1ccc(F)c(C(F)(F)F)c1. The number of halogens is 5. The molecule has 2 aromatic carbocycles. The molecule has 0 amide bonds. The first-order valence-electron chi connectivity index (χ1n) is 5.66. The van der Waals surface area contributed by atoms with E-state index in [9.17, 15) is 22.4 Å². The lowest BCUT2D eigenvalue weighted by atomic mass is 9.99. The number of hydrogen-bond acceptors (Lipinski definition) is 2. The van der Waals surface area contributed by atoms with Crippen LogP contribution in [0.25, 0.3) is 0 Å². The van der Waals surface area contributed by atoms with Gasteiger partial charge < -0.3 is 5.73 Å². The van der Waals surface area contributed by atoms with Gasteiger partial charge in [0.2, 0.25) is 0 Å². The van der Waals surface area contributed by atoms with Gasteiger partial charge in [-0.05, 0) is 36.4 Å². The van der Waals surface area contributed by atoms with E-state index in [-0.39, 0.29) is 16.8 Å². The summed E-state index contributed by atoms with van der Waals surface area (Å²) in [5.41, 5.74) is 3.84. The topological polar surface area (TPSA) is 43.1 Å². The smallest absolute Gasteiger partial charge is 0.398 e. The fourth-order valence-electron chi connectivity index (χ4n) is 1.78. The molecule has 2 aromatic rings. The Morgan fingerprint density at radius 2 is 1.76 bits per heavy atom. The molecular weight excluding hydrogens is 310 g/mol. The first-order chi connectivity index (χ1) is 9.70. The summed E-state index contributed by atoms with van der Waals surface area (Å²) in [4.78, 5) is 12.2. The summed E-state index contributed by atoms with van der Waals surface area (Å²) in [5.74, 6) is -2.18. The maximum Gasteiger partial charge on any atom is 0.419 e. The van der Waals surface area contributed by atoms with Gasteiger partial charge in [0, 0.05) is 21.8 Å². The Hall–Kier alpha value is -2.08. The Balaban J connectivity index is 2.49. The van der Waals surface area contributed by atoms with Crippen molar-refractivity contribution in [2.45, 2.75) is 6.18 Å². The zero-order valence-corrected chi connectivity index (χ0v) is 11.1. The summed E-state index contributed by atoms with van der Waals surface area (Å²) in [6.07, 6.45) is -4.88. The molecule has 0 atom stereocenters. The van der Waals surface area contributed by atoms with Gasteiger partial charge in [-0.2, -0.15) is 13.2 Å². The average molecular weight is 318 g/mol. The van der Waals surface area contributed by atoms with Gasteiger partial charge in [0.15, 0.2) is 5.78 Å². The third-order valence-corrected chi connectivity index (χ3v) is 3.03. The number of nitrogens with two attached hydrogens (primary N) is 1. The highest BCUT2D eigenvalue weighted by atomic mass is 35.5. The number of ketones is 1. The van der Waals surface area contributed by atoms with Crippen LogP contribution < -0.4 is 5.73 Å². The van der Waals surface area contributed by atoms with Crippen LogP contribution >= 0.6 is 11.6 Å². The molecule has 0 aliphatic rings. The molecule has 0 bridgehead atoms. The average Bonchev–Trinajstić information content (AvgIpc) is 2.37. The Morgan fingerprint density at radius 3 is 2.33 bits per heavy atom. The maximum absolute atomic E-state index is 13.2. The molecule has 0 saturated carbocycles. The zero-order valence-electron chi connectivity index (χ0n) is 10.3. The lowest BCUT2D eigenvalue weighted by Crippen LogP contribution is -2.11. The van der Waals surface area contributed by atoms with Crippen LogP contribution in [0.15, 0.2) is 36.4 Å². The fraction of sp³-hybridized carbons (Fsp3) is 0.0714. The minimum atomic E-state index is -4.88. The van der Waals surface area contributed by atoms with Crippen LogP contribution in [-0.2, 0) is 6.18 Å². The van der Waals surface area contributed by atoms with Crippen molar-refractivity contribution in [2.24, 2.45) is 0 Å². The molecule has 21 heavy (non-hydrogen) atoms. The van der Waals surface area contributed by atoms with E-state index >= 15 is 0 Å². The number of anilines is 1. The second-order valence-electron chi connectivity index (χ2n) is 4.25. The van der Waals surface area contributed by atoms with E-state index in [1.54, 1.807) is 0 Å². The van der Waals surface area contributed by atoms with E-state index in [1.165, 1.54) is 18.2 Å². The van der Waals surface area contributed by atoms with Crippen LogP contribution in [-0.4, -0.2) is 5.78 Å². The molecule has 0 aromatic heterocycles. The Bertz CT molecular complexity index is 713. The van der Waals surface area contributed by atoms with E-state index in [2.05, 4.69) is 0 Å². The minimum Gasteiger partial charge on any atom is -0.398 e. The molecule has 0 unspecified atom stereocenters. The van der Waals surface area contributed by atoms with Crippen LogP contribution in [0.3, 0.4) is 0 Å². The number of carbonyl (C=O) groups is 1. The van der Waals surface area contributed by atoms with Crippen molar-refractivity contribution in [1.29, 1.82) is 0 Å². The van der Waals surface area contributed by atoms with Crippen LogP contribution in [0.4, 0.5) is 23.2 Å². The van der Waals surface area contributed by atoms with Crippen molar-refractivity contribution in [3.63, 3.8) is 0 Å². The second kappa shape index (κ2) is 5.37. The van der Waals surface area contributed by atoms with Gasteiger partial charge in [-0.3, -0.25) is 4.79 Å². The highest BCUT2D eigenvalue weighted by Gasteiger charge is 2.34. The lowest BCUT2D eigenvalue weighted by molar-refractivity contribution is -0.140. The Labute approximate surface area is 122 Å². The summed E-state index contributed by atoms with van der Waals surface area (Å²) < 4.78 is 51.1. The van der Waals surface area contributed by atoms with Crippen molar-refractivity contribution in [3.8, 4) is 0 Å². The van der Waals surface area contributed by atoms with Crippen LogP contribution in [0.2, 0.25) is 5.02 Å². The van der Waals surface area contributed by atoms with Gasteiger partial charge in [-0.1, -0.05) is 11.6 Å². The first kappa shape index (κ1) is 15.3. The van der Waals surface area contributed by atoms with Gasteiger partial charge in [0.1, 0.15) is 5.82 Å². The number of carbonyl (C=O) groups excluding carboxylic acids is 1. The van der Waals surface area contributed by atoms with E-state index in [0.29, 0.717) is 17.2 Å². The van der Waals surface area contributed by atoms with Crippen molar-refractivity contribution in [1.82, 2.24) is 0 Å². The third kappa shape index (κ3) is 3.16. The van der Waals surface area contributed by atoms with Crippen molar-refractivity contribution in [2.75, 3.05) is 5.73 Å². The minimum absolute atomic E-state index is 0.000803. The van der Waals surface area contributed by atoms with Gasteiger partial charge in [0.25, 0.3) is 0 Å². The molecule has 2 rings (SSSR count). The van der Waals surface area contributed by atoms with E-state index < -0.39 is 23.3 Å². The van der Waals surface area contributed by atoms with Crippen molar-refractivity contribution in [3.05, 3.63) is 63.9 Å². The first-order valence-corrected chi connectivity index (χ1v) is 6.04. The predicted octanol–water partition coefficient (Wildman–Crippen LogP) is 4.31. The van der Waals surface area contributed by atoms with Crippen LogP contribution in [0.5, 0.6) is 0 Å². The number of benzene rings is 2. The summed E-state index contributed by atoms with van der Waals surface area (Å²) in [6, 6.07) is 6.04. The van der Waals surface area contributed by atoms with Crippen LogP contribution in [0, 0.1) is 5.82 Å². The molecule has 0 radical (unpaired) electrons. The summed E-state index contributed by atoms with van der Waals surface area (Å²) in [5, 5.41) is 0.291. The van der Waals surface area contributed by atoms with Crippen LogP contribution in [0.1, 0.15) is 21.5 Å². The molecule has 0 aliphatic carbocycles. The number of hydrogen-bond donors (Lipinski definition) is 1. The Kier molecular flexibility index (Phi) is 3.91. The maximum atomic E-state index is 13.2. The third-order valence-electron chi connectivity index (χ3n) is 2.79. The molecule has 0 heterocycles. The molecule has 0 aliphatic heterocycles. The summed E-state index contributed by atoms with van der Waals surface area (Å²) in [6.45, 7) is 0. The van der Waals surface area contributed by atoms with Gasteiger partial charge in [-0.15, -0.1) is 0 Å². The zero-order chi connectivity index (χ0) is 15.8. The van der Waals surface area contributed by atoms with E-state index in [4.69, 9.17) is 17.3 Å². The summed E-state index contributed by atoms with van der Waals surface area (Å²) in [7, 11) is 0. The normalized spacial score (nSPS) is 11.5. The van der Waals surface area contributed by atoms with E-state index in [1.807, 2.05) is 0 Å². The molecule has 7 heteroatoms. The predicted molar refractivity (Wildman–Crippen MR) is 70.7 cm³/mol. The number of nitrogen functional groups attached to an aromatic ring is 1. The molecule has 0 fully saturated rings. The van der Waals surface area contributed by atoms with E-state index in [0.717, 1.165) is 6.07 Å². The van der Waals surface area contributed by atoms with Gasteiger partial charge in [-0.25, -0.2) is 4.39 Å². The monoisotopic (exact) mass is 317 g/mol. The lowest BCUT2D eigenvalue weighted by Gasteiger charge is -2.10. The van der Waals surface area contributed by atoms with Crippen molar-refractivity contribution >= 4 is 23.1 Å². The second-order valence-corrected chi connectivity index (χ2v) is 4.69. The molecule has 0 saturated heterocycles. The number of alkyl halides is 3. The highest BCUT2D eigenvalue weighted by molar-refractivity contribution is 6.31. The highest BCUT2D eigenvalue weighted by Crippen LogP contribution is 2.32. The quantitative estimate of drug-likeness (QED) is 0.509. The Morgan fingerprint density at radius 1 is 1.10 bits per heavy atom.